The van der Waals surface area contributed by atoms with Crippen molar-refractivity contribution in [3.8, 4) is 0 Å². The fraction of sp³-hybridized carbons (Fsp3) is 0.786. The maximum Gasteiger partial charge on any atom is 0.0959 e. The highest BCUT2D eigenvalue weighted by Crippen LogP contribution is 2.30. The summed E-state index contributed by atoms with van der Waals surface area (Å²) in [5.74, 6) is 1.12. The summed E-state index contributed by atoms with van der Waals surface area (Å²) < 4.78 is 0. The van der Waals surface area contributed by atoms with Gasteiger partial charge < -0.3 is 5.32 Å². The molecule has 0 saturated carbocycles. The molecule has 2 nitrogen and oxygen atoms in total. The van der Waals surface area contributed by atoms with E-state index >= 15 is 0 Å². The van der Waals surface area contributed by atoms with Gasteiger partial charge in [-0.1, -0.05) is 34.6 Å². The second kappa shape index (κ2) is 7.12. The lowest BCUT2D eigenvalue weighted by Crippen LogP contribution is -2.14. The van der Waals surface area contributed by atoms with E-state index in [4.69, 9.17) is 4.98 Å². The molecule has 1 aromatic rings. The maximum absolute atomic E-state index is 4.84. The summed E-state index contributed by atoms with van der Waals surface area (Å²) in [7, 11) is 0. The summed E-state index contributed by atoms with van der Waals surface area (Å²) in [4.78, 5) is 6.27. The van der Waals surface area contributed by atoms with Crippen LogP contribution in [0.5, 0.6) is 0 Å². The Bertz CT molecular complexity index is 331. The Balaban J connectivity index is 2.81. The van der Waals surface area contributed by atoms with Crippen LogP contribution in [0.4, 0.5) is 0 Å². The zero-order valence-corrected chi connectivity index (χ0v) is 12.7. The van der Waals surface area contributed by atoms with E-state index in [9.17, 15) is 0 Å². The summed E-state index contributed by atoms with van der Waals surface area (Å²) in [5.41, 5.74) is 1.30. The van der Waals surface area contributed by atoms with Crippen LogP contribution in [0.25, 0.3) is 0 Å². The molecule has 98 valence electrons. The smallest absolute Gasteiger partial charge is 0.0959 e. The van der Waals surface area contributed by atoms with Crippen LogP contribution in [0.2, 0.25) is 0 Å². The fourth-order valence-electron chi connectivity index (χ4n) is 1.72. The van der Waals surface area contributed by atoms with Gasteiger partial charge in [0.25, 0.3) is 0 Å². The van der Waals surface area contributed by atoms with Gasteiger partial charge in [0.05, 0.1) is 10.7 Å². The lowest BCUT2D eigenvalue weighted by molar-refractivity contribution is 0.668. The summed E-state index contributed by atoms with van der Waals surface area (Å²) in [5, 5.41) is 4.80. The molecule has 0 saturated heterocycles. The van der Waals surface area contributed by atoms with E-state index in [2.05, 4.69) is 39.9 Å². The first-order valence-corrected chi connectivity index (χ1v) is 7.61. The molecule has 0 aliphatic carbocycles. The molecule has 0 radical (unpaired) electrons. The first-order valence-electron chi connectivity index (χ1n) is 6.80. The van der Waals surface area contributed by atoms with Crippen LogP contribution in [-0.2, 0) is 6.54 Å². The average Bonchev–Trinajstić information content (AvgIpc) is 2.73. The maximum atomic E-state index is 4.84. The van der Waals surface area contributed by atoms with Crippen LogP contribution in [0, 0.1) is 0 Å². The number of nitrogens with zero attached hydrogens (tertiary/aromatic N) is 1. The lowest BCUT2D eigenvalue weighted by Gasteiger charge is -2.05. The number of hydrogen-bond donors (Lipinski definition) is 1. The highest BCUT2D eigenvalue weighted by Gasteiger charge is 2.16. The molecule has 0 spiro atoms. The standard InChI is InChI=1S/C14H26N2S/c1-6-8-15-9-12-13(10(3)4)16-14(17-12)11(5)7-2/h10-11,15H,6-9H2,1-5H3. The zero-order chi connectivity index (χ0) is 12.8. The van der Waals surface area contributed by atoms with Gasteiger partial charge in [-0.15, -0.1) is 11.3 Å². The molecular weight excluding hydrogens is 228 g/mol. The number of rotatable bonds is 7. The van der Waals surface area contributed by atoms with Crippen LogP contribution < -0.4 is 5.32 Å². The first kappa shape index (κ1) is 14.7. The van der Waals surface area contributed by atoms with Gasteiger partial charge >= 0.3 is 0 Å². The molecule has 1 N–H and O–H groups in total. The Morgan fingerprint density at radius 2 is 1.94 bits per heavy atom. The van der Waals surface area contributed by atoms with Crippen molar-refractivity contribution in [1.82, 2.24) is 10.3 Å². The minimum Gasteiger partial charge on any atom is -0.312 e. The van der Waals surface area contributed by atoms with Crippen molar-refractivity contribution in [2.75, 3.05) is 6.54 Å². The number of hydrogen-bond acceptors (Lipinski definition) is 3. The molecule has 0 aliphatic heterocycles. The van der Waals surface area contributed by atoms with Crippen molar-refractivity contribution < 1.29 is 0 Å². The summed E-state index contributed by atoms with van der Waals surface area (Å²) in [6.07, 6.45) is 2.36. The van der Waals surface area contributed by atoms with E-state index in [1.165, 1.54) is 28.4 Å². The van der Waals surface area contributed by atoms with Crippen molar-refractivity contribution in [3.05, 3.63) is 15.6 Å². The zero-order valence-electron chi connectivity index (χ0n) is 11.8. The van der Waals surface area contributed by atoms with Gasteiger partial charge in [-0.25, -0.2) is 4.98 Å². The van der Waals surface area contributed by atoms with Crippen LogP contribution in [-0.4, -0.2) is 11.5 Å². The molecule has 1 unspecified atom stereocenters. The predicted molar refractivity (Wildman–Crippen MR) is 76.9 cm³/mol. The number of aromatic nitrogens is 1. The van der Waals surface area contributed by atoms with Crippen molar-refractivity contribution in [2.45, 2.75) is 65.8 Å². The van der Waals surface area contributed by atoms with E-state index in [1.807, 2.05) is 11.3 Å². The van der Waals surface area contributed by atoms with E-state index < -0.39 is 0 Å². The Kier molecular flexibility index (Phi) is 6.14. The summed E-state index contributed by atoms with van der Waals surface area (Å²) >= 11 is 1.90. The first-order chi connectivity index (χ1) is 8.10. The highest BCUT2D eigenvalue weighted by atomic mass is 32.1. The van der Waals surface area contributed by atoms with Gasteiger partial charge in [0, 0.05) is 17.3 Å². The largest absolute Gasteiger partial charge is 0.312 e. The molecule has 0 fully saturated rings. The molecule has 1 rings (SSSR count). The van der Waals surface area contributed by atoms with Crippen molar-refractivity contribution in [1.29, 1.82) is 0 Å². The van der Waals surface area contributed by atoms with E-state index in [0.29, 0.717) is 11.8 Å². The van der Waals surface area contributed by atoms with Gasteiger partial charge in [0.2, 0.25) is 0 Å². The molecule has 0 amide bonds. The molecule has 3 heteroatoms. The minimum atomic E-state index is 0.530. The predicted octanol–water partition coefficient (Wildman–Crippen LogP) is 4.28. The van der Waals surface area contributed by atoms with Gasteiger partial charge in [0.1, 0.15) is 0 Å². The van der Waals surface area contributed by atoms with Crippen molar-refractivity contribution in [3.63, 3.8) is 0 Å². The monoisotopic (exact) mass is 254 g/mol. The van der Waals surface area contributed by atoms with Crippen LogP contribution in [0.15, 0.2) is 0 Å². The SMILES string of the molecule is CCCNCc1sc(C(C)CC)nc1C(C)C. The Labute approximate surface area is 110 Å². The van der Waals surface area contributed by atoms with Crippen molar-refractivity contribution in [2.24, 2.45) is 0 Å². The third-order valence-electron chi connectivity index (χ3n) is 3.04. The normalized spacial score (nSPS) is 13.3. The summed E-state index contributed by atoms with van der Waals surface area (Å²) in [6, 6.07) is 0. The van der Waals surface area contributed by atoms with E-state index in [1.54, 1.807) is 0 Å². The lowest BCUT2D eigenvalue weighted by atomic mass is 10.1. The fourth-order valence-corrected chi connectivity index (χ4v) is 3.05. The topological polar surface area (TPSA) is 24.9 Å². The second-order valence-electron chi connectivity index (χ2n) is 5.00. The van der Waals surface area contributed by atoms with Gasteiger partial charge in [0.15, 0.2) is 0 Å². The molecular formula is C14H26N2S. The summed E-state index contributed by atoms with van der Waals surface area (Å²) in [6.45, 7) is 13.2. The number of thiazole rings is 1. The molecule has 17 heavy (non-hydrogen) atoms. The van der Waals surface area contributed by atoms with Crippen molar-refractivity contribution >= 4 is 11.3 Å². The van der Waals surface area contributed by atoms with Crippen LogP contribution >= 0.6 is 11.3 Å². The number of nitrogens with one attached hydrogen (secondary N) is 1. The Morgan fingerprint density at radius 1 is 1.24 bits per heavy atom. The van der Waals surface area contributed by atoms with Gasteiger partial charge in [-0.2, -0.15) is 0 Å². The molecule has 1 atom stereocenters. The second-order valence-corrected chi connectivity index (χ2v) is 6.12. The van der Waals surface area contributed by atoms with Crippen LogP contribution in [0.1, 0.15) is 74.9 Å². The Morgan fingerprint density at radius 3 is 2.47 bits per heavy atom. The van der Waals surface area contributed by atoms with Gasteiger partial charge in [-0.3, -0.25) is 0 Å². The van der Waals surface area contributed by atoms with Gasteiger partial charge in [-0.05, 0) is 25.3 Å². The third-order valence-corrected chi connectivity index (χ3v) is 4.34. The van der Waals surface area contributed by atoms with E-state index in [0.717, 1.165) is 13.1 Å². The highest BCUT2D eigenvalue weighted by molar-refractivity contribution is 7.11. The molecule has 1 heterocycles. The quantitative estimate of drug-likeness (QED) is 0.735. The molecule has 1 aromatic heterocycles. The molecule has 0 bridgehead atoms. The minimum absolute atomic E-state index is 0.530. The van der Waals surface area contributed by atoms with E-state index in [-0.39, 0.29) is 0 Å². The third kappa shape index (κ3) is 4.07. The molecule has 0 aliphatic rings. The average molecular weight is 254 g/mol. The molecule has 0 aromatic carbocycles. The Hall–Kier alpha value is -0.410. The van der Waals surface area contributed by atoms with Crippen LogP contribution in [0.3, 0.4) is 0 Å².